The Morgan fingerprint density at radius 2 is 1.92 bits per heavy atom. The first kappa shape index (κ1) is 18.3. The molecule has 1 atom stereocenters. The van der Waals surface area contributed by atoms with Crippen molar-refractivity contribution >= 4 is 12.0 Å². The van der Waals surface area contributed by atoms with Crippen LogP contribution in [0.5, 0.6) is 0 Å². The van der Waals surface area contributed by atoms with Gasteiger partial charge in [0.05, 0.1) is 6.33 Å². The number of rotatable bonds is 3. The Kier molecular flexibility index (Phi) is 5.51. The van der Waals surface area contributed by atoms with Crippen molar-refractivity contribution in [3.63, 3.8) is 0 Å². The van der Waals surface area contributed by atoms with Crippen molar-refractivity contribution in [1.29, 1.82) is 0 Å². The van der Waals surface area contributed by atoms with Crippen LogP contribution in [-0.2, 0) is 9.53 Å². The number of amides is 2. The minimum atomic E-state index is -0.485. The molecule has 1 aliphatic heterocycles. The maximum Gasteiger partial charge on any atom is 0.410 e. The minimum Gasteiger partial charge on any atom is -0.444 e. The number of likely N-dealkylation sites (N-methyl/N-ethyl adjacent to an activating group) is 1. The lowest BCUT2D eigenvalue weighted by molar-refractivity contribution is -0.135. The lowest BCUT2D eigenvalue weighted by atomic mass is 10.0. The van der Waals surface area contributed by atoms with Crippen molar-refractivity contribution in [2.45, 2.75) is 58.2 Å². The van der Waals surface area contributed by atoms with Crippen LogP contribution < -0.4 is 0 Å². The van der Waals surface area contributed by atoms with Crippen LogP contribution in [-0.4, -0.2) is 63.1 Å². The zero-order valence-corrected chi connectivity index (χ0v) is 15.2. The van der Waals surface area contributed by atoms with E-state index in [0.717, 1.165) is 12.8 Å². The van der Waals surface area contributed by atoms with Crippen molar-refractivity contribution in [2.24, 2.45) is 0 Å². The second kappa shape index (κ2) is 7.23. The number of imidazole rings is 1. The van der Waals surface area contributed by atoms with Crippen molar-refractivity contribution in [3.8, 4) is 0 Å². The number of likely N-dealkylation sites (tertiary alicyclic amines) is 1. The molecule has 1 aliphatic rings. The number of aromatic nitrogens is 2. The Morgan fingerprint density at radius 3 is 2.42 bits per heavy atom. The molecule has 1 aromatic heterocycles. The fraction of sp³-hybridized carbons (Fsp3) is 0.706. The van der Waals surface area contributed by atoms with E-state index in [1.807, 2.05) is 34.7 Å². The SMILES string of the molecule is C[C@H](C(=O)N(C)C1CCN(C(=O)OC(C)(C)C)CC1)n1ccnc1. The van der Waals surface area contributed by atoms with Gasteiger partial charge in [-0.15, -0.1) is 0 Å². The summed E-state index contributed by atoms with van der Waals surface area (Å²) >= 11 is 0. The predicted octanol–water partition coefficient (Wildman–Crippen LogP) is 2.30. The van der Waals surface area contributed by atoms with Crippen molar-refractivity contribution in [2.75, 3.05) is 20.1 Å². The van der Waals surface area contributed by atoms with Crippen LogP contribution in [0.25, 0.3) is 0 Å². The van der Waals surface area contributed by atoms with E-state index in [9.17, 15) is 9.59 Å². The van der Waals surface area contributed by atoms with Crippen molar-refractivity contribution in [3.05, 3.63) is 18.7 Å². The van der Waals surface area contributed by atoms with Gasteiger partial charge in [0.25, 0.3) is 0 Å². The van der Waals surface area contributed by atoms with Gasteiger partial charge >= 0.3 is 6.09 Å². The maximum atomic E-state index is 12.6. The average molecular weight is 336 g/mol. The second-order valence-electron chi connectivity index (χ2n) is 7.33. The molecule has 1 aromatic rings. The Balaban J connectivity index is 1.87. The van der Waals surface area contributed by atoms with Gasteiger partial charge in [-0.3, -0.25) is 4.79 Å². The number of hydrogen-bond donors (Lipinski definition) is 0. The molecular formula is C17H28N4O3. The van der Waals surface area contributed by atoms with E-state index in [0.29, 0.717) is 13.1 Å². The average Bonchev–Trinajstić information content (AvgIpc) is 3.05. The molecule has 0 unspecified atom stereocenters. The number of ether oxygens (including phenoxy) is 1. The van der Waals surface area contributed by atoms with Gasteiger partial charge in [0.1, 0.15) is 11.6 Å². The summed E-state index contributed by atoms with van der Waals surface area (Å²) in [5, 5.41) is 0. The van der Waals surface area contributed by atoms with Crippen molar-refractivity contribution < 1.29 is 14.3 Å². The third-order valence-electron chi connectivity index (χ3n) is 4.34. The van der Waals surface area contributed by atoms with E-state index in [-0.39, 0.29) is 24.1 Å². The highest BCUT2D eigenvalue weighted by atomic mass is 16.6. The van der Waals surface area contributed by atoms with Crippen molar-refractivity contribution in [1.82, 2.24) is 19.4 Å². The largest absolute Gasteiger partial charge is 0.444 e. The normalized spacial score (nSPS) is 17.5. The summed E-state index contributed by atoms with van der Waals surface area (Å²) in [7, 11) is 1.84. The third kappa shape index (κ3) is 4.49. The molecule has 24 heavy (non-hydrogen) atoms. The highest BCUT2D eigenvalue weighted by molar-refractivity contribution is 5.80. The molecule has 2 heterocycles. The van der Waals surface area contributed by atoms with Gasteiger partial charge in [0.15, 0.2) is 0 Å². The lowest BCUT2D eigenvalue weighted by Gasteiger charge is -2.38. The van der Waals surface area contributed by atoms with Gasteiger partial charge in [-0.1, -0.05) is 0 Å². The van der Waals surface area contributed by atoms with Crippen LogP contribution in [0.3, 0.4) is 0 Å². The molecule has 2 rings (SSSR count). The van der Waals surface area contributed by atoms with Gasteiger partial charge < -0.3 is 19.1 Å². The van der Waals surface area contributed by atoms with Gasteiger partial charge in [-0.2, -0.15) is 0 Å². The molecule has 0 saturated carbocycles. The summed E-state index contributed by atoms with van der Waals surface area (Å²) in [6.07, 6.45) is 6.37. The Labute approximate surface area is 143 Å². The molecular weight excluding hydrogens is 308 g/mol. The van der Waals surface area contributed by atoms with Crippen LogP contribution in [0.4, 0.5) is 4.79 Å². The predicted molar refractivity (Wildman–Crippen MR) is 90.5 cm³/mol. The molecule has 134 valence electrons. The topological polar surface area (TPSA) is 67.7 Å². The van der Waals surface area contributed by atoms with Gasteiger partial charge in [0, 0.05) is 38.6 Å². The standard InChI is InChI=1S/C17H28N4O3/c1-13(21-11-8-18-12-21)15(22)19(5)14-6-9-20(10-7-14)16(23)24-17(2,3)4/h8,11-14H,6-7,9-10H2,1-5H3/t13-/m1/s1. The summed E-state index contributed by atoms with van der Waals surface area (Å²) < 4.78 is 7.20. The van der Waals surface area contributed by atoms with E-state index in [2.05, 4.69) is 4.98 Å². The number of carbonyl (C=O) groups excluding carboxylic acids is 2. The molecule has 1 fully saturated rings. The summed E-state index contributed by atoms with van der Waals surface area (Å²) in [6, 6.07) is -0.136. The van der Waals surface area contributed by atoms with Crippen LogP contribution in [0.2, 0.25) is 0 Å². The highest BCUT2D eigenvalue weighted by Gasteiger charge is 2.31. The number of piperidine rings is 1. The molecule has 0 radical (unpaired) electrons. The smallest absolute Gasteiger partial charge is 0.410 e. The third-order valence-corrected chi connectivity index (χ3v) is 4.34. The van der Waals surface area contributed by atoms with Gasteiger partial charge in [-0.05, 0) is 40.5 Å². The Hall–Kier alpha value is -2.05. The number of nitrogens with zero attached hydrogens (tertiary/aromatic N) is 4. The molecule has 0 N–H and O–H groups in total. The summed E-state index contributed by atoms with van der Waals surface area (Å²) in [4.78, 5) is 32.2. The number of hydrogen-bond acceptors (Lipinski definition) is 4. The summed E-state index contributed by atoms with van der Waals surface area (Å²) in [6.45, 7) is 8.68. The summed E-state index contributed by atoms with van der Waals surface area (Å²) in [5.41, 5.74) is -0.485. The van der Waals surface area contributed by atoms with Gasteiger partial charge in [0.2, 0.25) is 5.91 Å². The van der Waals surface area contributed by atoms with Crippen LogP contribution in [0.1, 0.15) is 46.6 Å². The van der Waals surface area contributed by atoms with E-state index in [4.69, 9.17) is 4.74 Å². The van der Waals surface area contributed by atoms with E-state index in [1.165, 1.54) is 0 Å². The summed E-state index contributed by atoms with van der Waals surface area (Å²) in [5.74, 6) is 0.0590. The Morgan fingerprint density at radius 1 is 1.29 bits per heavy atom. The van der Waals surface area contributed by atoms with Crippen LogP contribution in [0, 0.1) is 0 Å². The van der Waals surface area contributed by atoms with E-state index in [1.54, 1.807) is 33.1 Å². The fourth-order valence-corrected chi connectivity index (χ4v) is 2.86. The second-order valence-corrected chi connectivity index (χ2v) is 7.33. The molecule has 0 aromatic carbocycles. The minimum absolute atomic E-state index is 0.0590. The zero-order chi connectivity index (χ0) is 17.9. The first-order chi connectivity index (χ1) is 11.2. The molecule has 0 aliphatic carbocycles. The monoisotopic (exact) mass is 336 g/mol. The molecule has 1 saturated heterocycles. The molecule has 0 bridgehead atoms. The molecule has 0 spiro atoms. The quantitative estimate of drug-likeness (QED) is 0.849. The highest BCUT2D eigenvalue weighted by Crippen LogP contribution is 2.20. The first-order valence-corrected chi connectivity index (χ1v) is 8.41. The molecule has 7 nitrogen and oxygen atoms in total. The fourth-order valence-electron chi connectivity index (χ4n) is 2.86. The number of carbonyl (C=O) groups is 2. The van der Waals surface area contributed by atoms with Crippen LogP contribution >= 0.6 is 0 Å². The molecule has 2 amide bonds. The lowest BCUT2D eigenvalue weighted by Crippen LogP contribution is -2.49. The van der Waals surface area contributed by atoms with E-state index < -0.39 is 5.60 Å². The Bertz CT molecular complexity index is 557. The first-order valence-electron chi connectivity index (χ1n) is 8.41. The zero-order valence-electron chi connectivity index (χ0n) is 15.2. The molecule has 7 heteroatoms. The van der Waals surface area contributed by atoms with E-state index >= 15 is 0 Å². The van der Waals surface area contributed by atoms with Gasteiger partial charge in [-0.25, -0.2) is 9.78 Å². The maximum absolute atomic E-state index is 12.6. The van der Waals surface area contributed by atoms with Crippen LogP contribution in [0.15, 0.2) is 18.7 Å².